The fourth-order valence-corrected chi connectivity index (χ4v) is 1.76. The summed E-state index contributed by atoms with van der Waals surface area (Å²) in [5, 5.41) is 8.57. The first-order valence-corrected chi connectivity index (χ1v) is 5.49. The molecule has 0 fully saturated rings. The van der Waals surface area contributed by atoms with Crippen LogP contribution < -0.4 is 20.1 Å². The van der Waals surface area contributed by atoms with Gasteiger partial charge in [-0.3, -0.25) is 0 Å². The molecule has 1 aliphatic heterocycles. The van der Waals surface area contributed by atoms with Gasteiger partial charge in [0.2, 0.25) is 0 Å². The molecule has 2 rings (SSSR count). The molecule has 0 aromatic heterocycles. The molecular weight excluding hydrogens is 218 g/mol. The number of benzene rings is 1. The smallest absolute Gasteiger partial charge is 0.163 e. The van der Waals surface area contributed by atoms with Crippen LogP contribution in [0.2, 0.25) is 0 Å². The van der Waals surface area contributed by atoms with E-state index in [0.717, 1.165) is 5.69 Å². The Balaban J connectivity index is 2.25. The average molecular weight is 233 g/mol. The lowest BCUT2D eigenvalue weighted by atomic mass is 10.2. The molecule has 0 unspecified atom stereocenters. The van der Waals surface area contributed by atoms with Gasteiger partial charge in [-0.1, -0.05) is 0 Å². The van der Waals surface area contributed by atoms with Crippen LogP contribution in [-0.4, -0.2) is 26.8 Å². The quantitative estimate of drug-likeness (QED) is 0.799. The van der Waals surface area contributed by atoms with Crippen LogP contribution in [0.1, 0.15) is 6.42 Å². The first kappa shape index (κ1) is 11.4. The lowest BCUT2D eigenvalue weighted by Gasteiger charge is -2.24. The number of anilines is 2. The predicted octanol–water partition coefficient (Wildman–Crippen LogP) is 1.39. The zero-order valence-corrected chi connectivity index (χ0v) is 9.77. The monoisotopic (exact) mass is 233 g/mol. The summed E-state index contributed by atoms with van der Waals surface area (Å²) in [6, 6.07) is 5.74. The van der Waals surface area contributed by atoms with E-state index in [1.807, 2.05) is 18.0 Å². The van der Waals surface area contributed by atoms with Crippen LogP contribution in [0.3, 0.4) is 0 Å². The Morgan fingerprint density at radius 1 is 1.35 bits per heavy atom. The summed E-state index contributed by atoms with van der Waals surface area (Å²) in [4.78, 5) is 1.94. The molecule has 0 saturated heterocycles. The van der Waals surface area contributed by atoms with Crippen molar-refractivity contribution >= 4 is 11.4 Å². The first-order valence-electron chi connectivity index (χ1n) is 5.49. The van der Waals surface area contributed by atoms with Gasteiger partial charge in [-0.05, 0) is 0 Å². The molecule has 1 aliphatic rings. The molecule has 17 heavy (non-hydrogen) atoms. The van der Waals surface area contributed by atoms with E-state index in [4.69, 9.17) is 20.5 Å². The van der Waals surface area contributed by atoms with E-state index < -0.39 is 0 Å². The lowest BCUT2D eigenvalue weighted by molar-refractivity contribution is 0.172. The minimum atomic E-state index is 0.463. The highest BCUT2D eigenvalue weighted by molar-refractivity contribution is 5.73. The minimum absolute atomic E-state index is 0.463. The second-order valence-electron chi connectivity index (χ2n) is 3.88. The number of nitrogen functional groups attached to an aromatic ring is 1. The number of hydrogen-bond donors (Lipinski definition) is 1. The number of nitriles is 1. The lowest BCUT2D eigenvalue weighted by Crippen LogP contribution is -2.21. The summed E-state index contributed by atoms with van der Waals surface area (Å²) in [5.41, 5.74) is 7.46. The van der Waals surface area contributed by atoms with E-state index >= 15 is 0 Å². The Bertz CT molecular complexity index is 454. The first-order chi connectivity index (χ1) is 8.22. The van der Waals surface area contributed by atoms with Gasteiger partial charge < -0.3 is 20.1 Å². The van der Waals surface area contributed by atoms with Gasteiger partial charge in [-0.25, -0.2) is 0 Å². The molecule has 5 heteroatoms. The predicted molar refractivity (Wildman–Crippen MR) is 65.3 cm³/mol. The number of hydrogen-bond acceptors (Lipinski definition) is 5. The van der Waals surface area contributed by atoms with E-state index in [2.05, 4.69) is 6.07 Å². The zero-order chi connectivity index (χ0) is 12.3. The molecule has 0 amide bonds. The standard InChI is InChI=1S/C12H15N3O2/c1-15(4-2-3-13)10-8-12-11(7-9(10)14)16-5-6-17-12/h7-8H,2,4-6,14H2,1H3. The maximum atomic E-state index is 8.57. The van der Waals surface area contributed by atoms with E-state index in [-0.39, 0.29) is 0 Å². The fraction of sp³-hybridized carbons (Fsp3) is 0.417. The molecule has 0 bridgehead atoms. The number of nitrogens with zero attached hydrogens (tertiary/aromatic N) is 2. The van der Waals surface area contributed by atoms with Crippen LogP contribution in [0, 0.1) is 11.3 Å². The number of fused-ring (bicyclic) bond motifs is 1. The molecule has 0 aliphatic carbocycles. The highest BCUT2D eigenvalue weighted by Crippen LogP contribution is 2.38. The van der Waals surface area contributed by atoms with Gasteiger partial charge >= 0.3 is 0 Å². The van der Waals surface area contributed by atoms with Gasteiger partial charge in [0.1, 0.15) is 13.2 Å². The Morgan fingerprint density at radius 2 is 2.00 bits per heavy atom. The highest BCUT2D eigenvalue weighted by Gasteiger charge is 2.16. The number of nitrogens with two attached hydrogens (primary N) is 1. The van der Waals surface area contributed by atoms with Crippen molar-refractivity contribution in [2.45, 2.75) is 6.42 Å². The van der Waals surface area contributed by atoms with Crippen molar-refractivity contribution in [3.63, 3.8) is 0 Å². The van der Waals surface area contributed by atoms with Crippen LogP contribution in [0.5, 0.6) is 11.5 Å². The van der Waals surface area contributed by atoms with Crippen molar-refractivity contribution in [2.24, 2.45) is 0 Å². The summed E-state index contributed by atoms with van der Waals surface area (Å²) < 4.78 is 10.9. The van der Waals surface area contributed by atoms with Crippen LogP contribution in [0.25, 0.3) is 0 Å². The van der Waals surface area contributed by atoms with Crippen LogP contribution in [-0.2, 0) is 0 Å². The van der Waals surface area contributed by atoms with Crippen LogP contribution in [0.4, 0.5) is 11.4 Å². The molecule has 5 nitrogen and oxygen atoms in total. The molecule has 1 heterocycles. The SMILES string of the molecule is CN(CCC#N)c1cc2c(cc1N)OCCO2. The molecule has 0 radical (unpaired) electrons. The van der Waals surface area contributed by atoms with Crippen molar-refractivity contribution in [1.82, 2.24) is 0 Å². The summed E-state index contributed by atoms with van der Waals surface area (Å²) in [6.45, 7) is 1.74. The molecule has 0 saturated carbocycles. The van der Waals surface area contributed by atoms with Crippen molar-refractivity contribution in [1.29, 1.82) is 5.26 Å². The second kappa shape index (κ2) is 4.83. The summed E-state index contributed by atoms with van der Waals surface area (Å²) >= 11 is 0. The zero-order valence-electron chi connectivity index (χ0n) is 9.77. The minimum Gasteiger partial charge on any atom is -0.486 e. The summed E-state index contributed by atoms with van der Waals surface area (Å²) in [6.07, 6.45) is 0.463. The van der Waals surface area contributed by atoms with Crippen molar-refractivity contribution in [3.8, 4) is 17.6 Å². The maximum absolute atomic E-state index is 8.57. The Morgan fingerprint density at radius 3 is 2.65 bits per heavy atom. The molecular formula is C12H15N3O2. The van der Waals surface area contributed by atoms with Gasteiger partial charge in [-0.2, -0.15) is 5.26 Å². The summed E-state index contributed by atoms with van der Waals surface area (Å²) in [5.74, 6) is 1.40. The van der Waals surface area contributed by atoms with Gasteiger partial charge in [-0.15, -0.1) is 0 Å². The van der Waals surface area contributed by atoms with Crippen molar-refractivity contribution in [2.75, 3.05) is 37.4 Å². The average Bonchev–Trinajstić information content (AvgIpc) is 2.35. The molecule has 90 valence electrons. The van der Waals surface area contributed by atoms with Crippen LogP contribution >= 0.6 is 0 Å². The van der Waals surface area contributed by atoms with E-state index in [0.29, 0.717) is 43.4 Å². The molecule has 0 atom stereocenters. The highest BCUT2D eigenvalue weighted by atomic mass is 16.6. The van der Waals surface area contributed by atoms with E-state index in [1.54, 1.807) is 6.07 Å². The van der Waals surface area contributed by atoms with E-state index in [1.165, 1.54) is 0 Å². The Labute approximate surface area is 100 Å². The van der Waals surface area contributed by atoms with Gasteiger partial charge in [0.05, 0.1) is 23.9 Å². The molecule has 2 N–H and O–H groups in total. The second-order valence-corrected chi connectivity index (χ2v) is 3.88. The Hall–Kier alpha value is -2.09. The largest absolute Gasteiger partial charge is 0.486 e. The number of rotatable bonds is 3. The third kappa shape index (κ3) is 2.36. The molecule has 0 spiro atoms. The van der Waals surface area contributed by atoms with Crippen molar-refractivity contribution < 1.29 is 9.47 Å². The van der Waals surface area contributed by atoms with E-state index in [9.17, 15) is 0 Å². The van der Waals surface area contributed by atoms with Crippen LogP contribution in [0.15, 0.2) is 12.1 Å². The number of ether oxygens (including phenoxy) is 2. The molecule has 1 aromatic rings. The maximum Gasteiger partial charge on any atom is 0.163 e. The topological polar surface area (TPSA) is 71.5 Å². The normalized spacial score (nSPS) is 12.9. The van der Waals surface area contributed by atoms with Gasteiger partial charge in [0.25, 0.3) is 0 Å². The van der Waals surface area contributed by atoms with Gasteiger partial charge in [0, 0.05) is 25.7 Å². The Kier molecular flexibility index (Phi) is 3.24. The fourth-order valence-electron chi connectivity index (χ4n) is 1.76. The van der Waals surface area contributed by atoms with Gasteiger partial charge in [0.15, 0.2) is 11.5 Å². The summed E-state index contributed by atoms with van der Waals surface area (Å²) in [7, 11) is 1.90. The van der Waals surface area contributed by atoms with Crippen molar-refractivity contribution in [3.05, 3.63) is 12.1 Å². The molecule has 1 aromatic carbocycles. The third-order valence-corrected chi connectivity index (χ3v) is 2.66. The third-order valence-electron chi connectivity index (χ3n) is 2.66.